The van der Waals surface area contributed by atoms with Gasteiger partial charge in [0.2, 0.25) is 0 Å². The molecule has 3 N–H and O–H groups in total. The van der Waals surface area contributed by atoms with E-state index in [2.05, 4.69) is 41.6 Å². The van der Waals surface area contributed by atoms with Crippen molar-refractivity contribution in [1.82, 2.24) is 19.7 Å². The first-order chi connectivity index (χ1) is 15.4. The first kappa shape index (κ1) is 21.2. The van der Waals surface area contributed by atoms with Crippen molar-refractivity contribution in [3.63, 3.8) is 0 Å². The minimum absolute atomic E-state index is 0.272. The number of aromatic nitrogens is 4. The molecule has 160 valence electrons. The van der Waals surface area contributed by atoms with Crippen molar-refractivity contribution in [2.45, 2.75) is 6.92 Å². The van der Waals surface area contributed by atoms with Gasteiger partial charge in [0.25, 0.3) is 11.5 Å². The fourth-order valence-corrected chi connectivity index (χ4v) is 3.14. The molecular weight excluding hydrogens is 476 g/mol. The smallest absolute Gasteiger partial charge is 0.279 e. The Hall–Kier alpha value is -4.05. The van der Waals surface area contributed by atoms with Gasteiger partial charge in [-0.15, -0.1) is 0 Å². The number of aryl methyl sites for hydroxylation is 1. The molecule has 2 aromatic carbocycles. The topological polar surface area (TPSA) is 122 Å². The summed E-state index contributed by atoms with van der Waals surface area (Å²) in [5.41, 5.74) is 1.72. The minimum Gasteiger partial charge on any atom is -0.505 e. The molecule has 4 rings (SSSR count). The predicted octanol–water partition coefficient (Wildman–Crippen LogP) is 3.79. The van der Waals surface area contributed by atoms with Gasteiger partial charge in [0.15, 0.2) is 11.4 Å². The number of halogens is 1. The maximum absolute atomic E-state index is 12.7. The van der Waals surface area contributed by atoms with Crippen LogP contribution in [-0.4, -0.2) is 30.8 Å². The number of carbonyl (C=O) groups is 1. The number of nitrogens with one attached hydrogen (secondary N) is 2. The SMILES string of the molecule is Cc1cc(Nc2ccc(NC(=O)c3nn(-c4ccc(Br)cc4)c(=O)cc3O)cc2)ncn1. The van der Waals surface area contributed by atoms with E-state index in [9.17, 15) is 14.7 Å². The second-order valence-corrected chi connectivity index (χ2v) is 7.72. The van der Waals surface area contributed by atoms with Crippen LogP contribution in [0.25, 0.3) is 5.69 Å². The average Bonchev–Trinajstić information content (AvgIpc) is 2.76. The van der Waals surface area contributed by atoms with Crippen molar-refractivity contribution in [3.05, 3.63) is 93.2 Å². The Labute approximate surface area is 190 Å². The number of rotatable bonds is 5. The molecule has 10 heteroatoms. The summed E-state index contributed by atoms with van der Waals surface area (Å²) in [6, 6.07) is 16.5. The maximum Gasteiger partial charge on any atom is 0.279 e. The number of nitrogens with zero attached hydrogens (tertiary/aromatic N) is 4. The lowest BCUT2D eigenvalue weighted by Crippen LogP contribution is -2.25. The second-order valence-electron chi connectivity index (χ2n) is 6.81. The van der Waals surface area contributed by atoms with E-state index in [1.165, 1.54) is 6.33 Å². The van der Waals surface area contributed by atoms with Crippen LogP contribution in [0, 0.1) is 6.92 Å². The number of carbonyl (C=O) groups excluding carboxylic acids is 1. The highest BCUT2D eigenvalue weighted by molar-refractivity contribution is 9.10. The Morgan fingerprint density at radius 2 is 1.69 bits per heavy atom. The van der Waals surface area contributed by atoms with E-state index in [4.69, 9.17) is 0 Å². The van der Waals surface area contributed by atoms with Crippen LogP contribution in [0.1, 0.15) is 16.2 Å². The highest BCUT2D eigenvalue weighted by Gasteiger charge is 2.17. The van der Waals surface area contributed by atoms with Crippen molar-refractivity contribution < 1.29 is 9.90 Å². The maximum atomic E-state index is 12.7. The summed E-state index contributed by atoms with van der Waals surface area (Å²) in [6.07, 6.45) is 1.47. The first-order valence-corrected chi connectivity index (χ1v) is 10.2. The molecule has 0 unspecified atom stereocenters. The van der Waals surface area contributed by atoms with Crippen molar-refractivity contribution in [2.75, 3.05) is 10.6 Å². The van der Waals surface area contributed by atoms with Gasteiger partial charge in [-0.05, 0) is 55.5 Å². The van der Waals surface area contributed by atoms with Gasteiger partial charge < -0.3 is 15.7 Å². The van der Waals surface area contributed by atoms with E-state index < -0.39 is 17.2 Å². The van der Waals surface area contributed by atoms with Crippen LogP contribution in [-0.2, 0) is 0 Å². The zero-order chi connectivity index (χ0) is 22.7. The quantitative estimate of drug-likeness (QED) is 0.387. The summed E-state index contributed by atoms with van der Waals surface area (Å²) in [5, 5.41) is 20.0. The molecule has 0 saturated heterocycles. The summed E-state index contributed by atoms with van der Waals surface area (Å²) >= 11 is 3.33. The Bertz CT molecular complexity index is 1340. The molecule has 0 saturated carbocycles. The Morgan fingerprint density at radius 1 is 1.00 bits per heavy atom. The summed E-state index contributed by atoms with van der Waals surface area (Å²) in [5.74, 6) is -0.502. The monoisotopic (exact) mass is 492 g/mol. The van der Waals surface area contributed by atoms with Crippen molar-refractivity contribution in [2.24, 2.45) is 0 Å². The zero-order valence-corrected chi connectivity index (χ0v) is 18.4. The number of amides is 1. The molecule has 0 fully saturated rings. The van der Waals surface area contributed by atoms with Crippen molar-refractivity contribution >= 4 is 39.0 Å². The summed E-state index contributed by atoms with van der Waals surface area (Å²) < 4.78 is 1.89. The van der Waals surface area contributed by atoms with Crippen LogP contribution < -0.4 is 16.2 Å². The molecule has 0 spiro atoms. The summed E-state index contributed by atoms with van der Waals surface area (Å²) in [7, 11) is 0. The zero-order valence-electron chi connectivity index (χ0n) is 16.8. The molecule has 2 heterocycles. The van der Waals surface area contributed by atoms with Gasteiger partial charge in [0.05, 0.1) is 5.69 Å². The third-order valence-corrected chi connectivity index (χ3v) is 4.95. The summed E-state index contributed by atoms with van der Waals surface area (Å²) in [4.78, 5) is 33.1. The average molecular weight is 493 g/mol. The molecule has 2 aromatic heterocycles. The van der Waals surface area contributed by atoms with Gasteiger partial charge in [0, 0.05) is 33.7 Å². The second kappa shape index (κ2) is 8.98. The highest BCUT2D eigenvalue weighted by Crippen LogP contribution is 2.20. The third kappa shape index (κ3) is 4.81. The number of benzene rings is 2. The van der Waals surface area contributed by atoms with Gasteiger partial charge in [-0.3, -0.25) is 9.59 Å². The fraction of sp³-hybridized carbons (Fsp3) is 0.0455. The number of hydrogen-bond donors (Lipinski definition) is 3. The lowest BCUT2D eigenvalue weighted by Gasteiger charge is -2.10. The molecule has 4 aromatic rings. The van der Waals surface area contributed by atoms with Gasteiger partial charge >= 0.3 is 0 Å². The normalized spacial score (nSPS) is 10.6. The summed E-state index contributed by atoms with van der Waals surface area (Å²) in [6.45, 7) is 1.87. The van der Waals surface area contributed by atoms with Gasteiger partial charge in [-0.25, -0.2) is 9.97 Å². The molecule has 0 aliphatic carbocycles. The Balaban J connectivity index is 1.53. The number of aromatic hydroxyl groups is 1. The van der Waals surface area contributed by atoms with E-state index in [0.717, 1.165) is 26.6 Å². The van der Waals surface area contributed by atoms with Crippen molar-refractivity contribution in [1.29, 1.82) is 0 Å². The molecule has 0 bridgehead atoms. The highest BCUT2D eigenvalue weighted by atomic mass is 79.9. The Morgan fingerprint density at radius 3 is 2.38 bits per heavy atom. The predicted molar refractivity (Wildman–Crippen MR) is 124 cm³/mol. The minimum atomic E-state index is -0.652. The molecule has 32 heavy (non-hydrogen) atoms. The standard InChI is InChI=1S/C22H17BrN6O3/c1-13-10-19(25-12-24-13)26-15-4-6-16(7-5-15)27-22(32)21-18(30)11-20(31)29(28-21)17-8-2-14(23)3-9-17/h2-12,30H,1H3,(H,27,32)(H,24,25,26). The Kier molecular flexibility index (Phi) is 5.95. The van der Waals surface area contributed by atoms with Crippen LogP contribution in [0.3, 0.4) is 0 Å². The third-order valence-electron chi connectivity index (χ3n) is 4.42. The molecule has 9 nitrogen and oxygen atoms in total. The van der Waals surface area contributed by atoms with E-state index in [0.29, 0.717) is 17.2 Å². The first-order valence-electron chi connectivity index (χ1n) is 9.45. The fourth-order valence-electron chi connectivity index (χ4n) is 2.87. The van der Waals surface area contributed by atoms with E-state index in [1.54, 1.807) is 48.5 Å². The molecule has 0 atom stereocenters. The lowest BCUT2D eigenvalue weighted by atomic mass is 10.2. The molecule has 0 radical (unpaired) electrons. The number of anilines is 3. The van der Waals surface area contributed by atoms with Crippen LogP contribution in [0.2, 0.25) is 0 Å². The van der Waals surface area contributed by atoms with Gasteiger partial charge in [-0.1, -0.05) is 15.9 Å². The molecule has 1 amide bonds. The largest absolute Gasteiger partial charge is 0.505 e. The molecule has 0 aliphatic rings. The molecular formula is C22H17BrN6O3. The van der Waals surface area contributed by atoms with Crippen LogP contribution >= 0.6 is 15.9 Å². The van der Waals surface area contributed by atoms with Crippen LogP contribution in [0.5, 0.6) is 5.75 Å². The van der Waals surface area contributed by atoms with E-state index in [-0.39, 0.29) is 5.69 Å². The number of hydrogen-bond acceptors (Lipinski definition) is 7. The lowest BCUT2D eigenvalue weighted by molar-refractivity contribution is 0.101. The van der Waals surface area contributed by atoms with Crippen LogP contribution in [0.15, 0.2) is 76.3 Å². The van der Waals surface area contributed by atoms with E-state index in [1.807, 2.05) is 13.0 Å². The van der Waals surface area contributed by atoms with E-state index >= 15 is 0 Å². The van der Waals surface area contributed by atoms with Crippen molar-refractivity contribution in [3.8, 4) is 11.4 Å². The van der Waals surface area contributed by atoms with Gasteiger partial charge in [-0.2, -0.15) is 9.78 Å². The van der Waals surface area contributed by atoms with Gasteiger partial charge in [0.1, 0.15) is 12.1 Å². The van der Waals surface area contributed by atoms with Crippen LogP contribution in [0.4, 0.5) is 17.2 Å². The molecule has 0 aliphatic heterocycles.